The van der Waals surface area contributed by atoms with Gasteiger partial charge in [-0.2, -0.15) is 0 Å². The Morgan fingerprint density at radius 1 is 1.09 bits per heavy atom. The monoisotopic (exact) mass is 596 g/mol. The molecule has 1 saturated carbocycles. The molecule has 9 heteroatoms. The lowest BCUT2D eigenvalue weighted by atomic mass is 9.53. The van der Waals surface area contributed by atoms with Gasteiger partial charge in [0.15, 0.2) is 29.1 Å². The summed E-state index contributed by atoms with van der Waals surface area (Å²) in [7, 11) is 0. The number of para-hydroxylation sites is 1. The van der Waals surface area contributed by atoms with Gasteiger partial charge in [0.25, 0.3) is 5.91 Å². The van der Waals surface area contributed by atoms with E-state index in [9.17, 15) is 20.1 Å². The molecule has 1 saturated heterocycles. The van der Waals surface area contributed by atoms with E-state index in [1.54, 1.807) is 19.1 Å². The molecular weight excluding hydrogens is 560 g/mol. The summed E-state index contributed by atoms with van der Waals surface area (Å²) >= 11 is 0. The van der Waals surface area contributed by atoms with Gasteiger partial charge in [-0.15, -0.1) is 0 Å². The van der Waals surface area contributed by atoms with Crippen LogP contribution in [0.5, 0.6) is 23.0 Å². The average Bonchev–Trinajstić information content (AvgIpc) is 3.57. The van der Waals surface area contributed by atoms with Crippen LogP contribution in [-0.4, -0.2) is 63.8 Å². The highest BCUT2D eigenvalue weighted by molar-refractivity contribution is 6.06. The number of fused-ring (bicyclic) bond motifs is 2. The van der Waals surface area contributed by atoms with Crippen LogP contribution in [0.25, 0.3) is 11.1 Å². The lowest BCUT2D eigenvalue weighted by Gasteiger charge is -2.59. The average molecular weight is 597 g/mol. The summed E-state index contributed by atoms with van der Waals surface area (Å²) in [6.07, 6.45) is 2.53. The van der Waals surface area contributed by atoms with E-state index in [4.69, 9.17) is 14.2 Å². The summed E-state index contributed by atoms with van der Waals surface area (Å²) in [6.45, 7) is 5.23. The van der Waals surface area contributed by atoms with E-state index in [1.165, 1.54) is 12.8 Å². The third-order valence-electron chi connectivity index (χ3n) is 10.6. The number of aliphatic hydroxyl groups is 2. The van der Waals surface area contributed by atoms with Crippen LogP contribution in [0, 0.1) is 5.92 Å². The summed E-state index contributed by atoms with van der Waals surface area (Å²) in [5, 5.41) is 38.1. The van der Waals surface area contributed by atoms with E-state index in [0.717, 1.165) is 35.3 Å². The largest absolute Gasteiger partial charge is 0.508 e. The van der Waals surface area contributed by atoms with Crippen molar-refractivity contribution < 1.29 is 34.3 Å². The maximum absolute atomic E-state index is 13.8. The highest BCUT2D eigenvalue weighted by Gasteiger charge is 2.69. The van der Waals surface area contributed by atoms with Crippen molar-refractivity contribution in [2.75, 3.05) is 25.2 Å². The Bertz CT molecular complexity index is 1730. The van der Waals surface area contributed by atoms with Crippen LogP contribution in [0.4, 0.5) is 5.69 Å². The zero-order chi connectivity index (χ0) is 30.4. The molecular formula is C35H36N2O7. The zero-order valence-electron chi connectivity index (χ0n) is 24.8. The minimum atomic E-state index is -1.28. The number of benzene rings is 3. The van der Waals surface area contributed by atoms with Gasteiger partial charge in [-0.1, -0.05) is 30.3 Å². The Morgan fingerprint density at radius 2 is 1.89 bits per heavy atom. The summed E-state index contributed by atoms with van der Waals surface area (Å²) in [5.41, 5.74) is 1.71. The van der Waals surface area contributed by atoms with E-state index in [0.29, 0.717) is 35.9 Å². The van der Waals surface area contributed by atoms with Gasteiger partial charge in [0.2, 0.25) is 6.79 Å². The number of anilines is 1. The second-order valence-electron chi connectivity index (χ2n) is 13.1. The van der Waals surface area contributed by atoms with E-state index in [2.05, 4.69) is 10.2 Å². The first-order valence-corrected chi connectivity index (χ1v) is 15.4. The number of ether oxygens (including phenoxy) is 3. The minimum absolute atomic E-state index is 0.0344. The van der Waals surface area contributed by atoms with Gasteiger partial charge in [-0.05, 0) is 87.4 Å². The predicted molar refractivity (Wildman–Crippen MR) is 163 cm³/mol. The maximum Gasteiger partial charge on any atom is 0.254 e. The molecule has 4 atom stereocenters. The number of amides is 1. The van der Waals surface area contributed by atoms with Crippen molar-refractivity contribution in [2.45, 2.75) is 62.7 Å². The lowest BCUT2D eigenvalue weighted by molar-refractivity contribution is -0.153. The highest BCUT2D eigenvalue weighted by atomic mass is 16.7. The Labute approximate surface area is 255 Å². The maximum atomic E-state index is 13.8. The van der Waals surface area contributed by atoms with Crippen molar-refractivity contribution in [3.63, 3.8) is 0 Å². The summed E-state index contributed by atoms with van der Waals surface area (Å²) in [4.78, 5) is 16.2. The third kappa shape index (κ3) is 3.88. The predicted octanol–water partition coefficient (Wildman–Crippen LogP) is 5.05. The number of aromatic hydroxyl groups is 1. The third-order valence-corrected chi connectivity index (χ3v) is 10.6. The van der Waals surface area contributed by atoms with Gasteiger partial charge >= 0.3 is 0 Å². The van der Waals surface area contributed by atoms with Gasteiger partial charge in [-0.25, -0.2) is 0 Å². The molecule has 1 spiro atoms. The standard InChI is InChI=1S/C35H36N2O7/c1-19(33(40)36-24-6-4-3-5-23(24)21-10-12-26-27(15-21)43-18-42-26)30(39)32-35-13-14-37(17-20-7-8-20)28(34(35,2)41)16-22-9-11-25(38)31(44-32)29(22)35/h3-6,9-12,15,20,28,32,38-39,41H,7-8,13-14,16-18H2,1-2H3,(H,36,40)/b30-19-/t28-,32+,34-,35+/m1/s1. The molecule has 3 aromatic carbocycles. The van der Waals surface area contributed by atoms with Crippen molar-refractivity contribution in [2.24, 2.45) is 5.92 Å². The molecule has 9 nitrogen and oxygen atoms in total. The zero-order valence-corrected chi connectivity index (χ0v) is 24.8. The number of carbonyl (C=O) groups is 1. The van der Waals surface area contributed by atoms with Crippen LogP contribution < -0.4 is 19.5 Å². The topological polar surface area (TPSA) is 121 Å². The fraction of sp³-hybridized carbons (Fsp3) is 0.400. The van der Waals surface area contributed by atoms with Crippen LogP contribution in [0.15, 0.2) is 65.9 Å². The SMILES string of the molecule is C/C(C(=O)Nc1ccccc1-c1ccc2c(c1)OCO2)=C(/O)[C@@H]1Oc2c(O)ccc3c2[C@@]12CCN(CC1CC1)[C@H](C3)[C@@]2(C)O. The quantitative estimate of drug-likeness (QED) is 0.231. The molecule has 0 radical (unpaired) electrons. The first-order valence-electron chi connectivity index (χ1n) is 15.4. The number of aliphatic hydroxyl groups excluding tert-OH is 1. The molecule has 0 aromatic heterocycles. The number of piperidine rings is 1. The first-order chi connectivity index (χ1) is 21.2. The Hall–Kier alpha value is -4.21. The van der Waals surface area contributed by atoms with Crippen molar-refractivity contribution in [1.29, 1.82) is 0 Å². The van der Waals surface area contributed by atoms with E-state index < -0.39 is 23.0 Å². The fourth-order valence-electron chi connectivity index (χ4n) is 8.01. The molecule has 2 fully saturated rings. The second-order valence-corrected chi connectivity index (χ2v) is 13.1. The number of nitrogens with one attached hydrogen (secondary N) is 1. The number of rotatable bonds is 6. The number of hydrogen-bond donors (Lipinski definition) is 4. The second kappa shape index (κ2) is 9.64. The number of nitrogens with zero attached hydrogens (tertiary/aromatic N) is 1. The smallest absolute Gasteiger partial charge is 0.254 e. The summed E-state index contributed by atoms with van der Waals surface area (Å²) in [6, 6.07) is 16.4. The molecule has 3 aliphatic heterocycles. The minimum Gasteiger partial charge on any atom is -0.508 e. The molecule has 2 bridgehead atoms. The number of phenolic OH excluding ortho intramolecular Hbond substituents is 1. The van der Waals surface area contributed by atoms with E-state index >= 15 is 0 Å². The molecule has 5 aliphatic rings. The van der Waals surface area contributed by atoms with Gasteiger partial charge in [0.1, 0.15) is 5.76 Å². The molecule has 0 unspecified atom stereocenters. The van der Waals surface area contributed by atoms with Gasteiger partial charge < -0.3 is 34.8 Å². The van der Waals surface area contributed by atoms with Crippen molar-refractivity contribution in [3.8, 4) is 34.1 Å². The Kier molecular flexibility index (Phi) is 5.99. The normalized spacial score (nSPS) is 28.6. The molecule has 3 aromatic rings. The molecule has 44 heavy (non-hydrogen) atoms. The van der Waals surface area contributed by atoms with Crippen LogP contribution in [0.2, 0.25) is 0 Å². The molecule has 1 amide bonds. The van der Waals surface area contributed by atoms with Gasteiger partial charge in [0, 0.05) is 29.4 Å². The van der Waals surface area contributed by atoms with Crippen molar-refractivity contribution in [3.05, 3.63) is 77.1 Å². The van der Waals surface area contributed by atoms with Crippen molar-refractivity contribution in [1.82, 2.24) is 4.90 Å². The number of hydrogen-bond acceptors (Lipinski definition) is 8. The van der Waals surface area contributed by atoms with Crippen LogP contribution in [0.1, 0.15) is 44.2 Å². The van der Waals surface area contributed by atoms with Crippen LogP contribution in [0.3, 0.4) is 0 Å². The lowest BCUT2D eigenvalue weighted by Crippen LogP contribution is -2.73. The number of carbonyl (C=O) groups excluding carboxylic acids is 1. The fourth-order valence-corrected chi connectivity index (χ4v) is 8.01. The van der Waals surface area contributed by atoms with Gasteiger partial charge in [-0.3, -0.25) is 9.69 Å². The molecule has 4 N–H and O–H groups in total. The van der Waals surface area contributed by atoms with Gasteiger partial charge in [0.05, 0.1) is 16.6 Å². The van der Waals surface area contributed by atoms with E-state index in [1.807, 2.05) is 49.4 Å². The molecule has 228 valence electrons. The van der Waals surface area contributed by atoms with Crippen molar-refractivity contribution >= 4 is 11.6 Å². The Balaban J connectivity index is 1.15. The summed E-state index contributed by atoms with van der Waals surface area (Å²) in [5.74, 6) is 1.48. The Morgan fingerprint density at radius 3 is 2.70 bits per heavy atom. The van der Waals surface area contributed by atoms with Crippen LogP contribution >= 0.6 is 0 Å². The highest BCUT2D eigenvalue weighted by Crippen LogP contribution is 2.63. The molecule has 8 rings (SSSR count). The molecule has 2 aliphatic carbocycles. The van der Waals surface area contributed by atoms with Crippen LogP contribution in [-0.2, 0) is 16.6 Å². The molecule has 3 heterocycles. The summed E-state index contributed by atoms with van der Waals surface area (Å²) < 4.78 is 17.4. The number of phenols is 1. The van der Waals surface area contributed by atoms with E-state index in [-0.39, 0.29) is 35.7 Å². The number of likely N-dealkylation sites (tertiary alicyclic amines) is 1. The first kappa shape index (κ1) is 27.3.